The third-order valence-electron chi connectivity index (χ3n) is 5.93. The molecule has 0 radical (unpaired) electrons. The van der Waals surface area contributed by atoms with Crippen molar-refractivity contribution in [2.75, 3.05) is 6.54 Å². The lowest BCUT2D eigenvalue weighted by atomic mass is 9.63. The molecule has 3 rings (SSSR count). The monoisotopic (exact) mass is 446 g/mol. The molecule has 0 saturated heterocycles. The summed E-state index contributed by atoms with van der Waals surface area (Å²) in [6.07, 6.45) is 11.3. The molecular formula is C23H31ClN4O3. The highest BCUT2D eigenvalue weighted by molar-refractivity contribution is 6.29. The maximum atomic E-state index is 12.4. The molecule has 1 fully saturated rings. The molecule has 1 aromatic rings. The van der Waals surface area contributed by atoms with Gasteiger partial charge in [-0.3, -0.25) is 4.79 Å². The van der Waals surface area contributed by atoms with Gasteiger partial charge in [0.2, 0.25) is 0 Å². The molecule has 7 nitrogen and oxygen atoms in total. The van der Waals surface area contributed by atoms with Gasteiger partial charge in [0.1, 0.15) is 5.60 Å². The molecule has 0 bridgehead atoms. The topological polar surface area (TPSA) is 93.2 Å². The van der Waals surface area contributed by atoms with E-state index in [2.05, 4.69) is 26.9 Å². The summed E-state index contributed by atoms with van der Waals surface area (Å²) >= 11 is 6.34. The van der Waals surface area contributed by atoms with Gasteiger partial charge in [-0.15, -0.1) is 5.10 Å². The van der Waals surface area contributed by atoms with E-state index in [1.807, 2.05) is 32.9 Å². The van der Waals surface area contributed by atoms with Gasteiger partial charge >= 0.3 is 6.09 Å². The first-order valence-electron chi connectivity index (χ1n) is 10.8. The van der Waals surface area contributed by atoms with Gasteiger partial charge < -0.3 is 15.4 Å². The number of halogens is 1. The van der Waals surface area contributed by atoms with Gasteiger partial charge in [-0.1, -0.05) is 23.8 Å². The van der Waals surface area contributed by atoms with E-state index < -0.39 is 11.7 Å². The number of alkyl carbamates (subject to hydrolysis) is 1. The molecule has 8 heteroatoms. The van der Waals surface area contributed by atoms with Crippen LogP contribution in [0.2, 0.25) is 0 Å². The number of carbonyl (C=O) groups is 2. The van der Waals surface area contributed by atoms with Crippen LogP contribution in [0.1, 0.15) is 63.4 Å². The zero-order valence-electron chi connectivity index (χ0n) is 18.4. The number of carbonyl (C=O) groups excluding carboxylic acids is 2. The molecule has 1 atom stereocenters. The molecule has 2 N–H and O–H groups in total. The zero-order valence-corrected chi connectivity index (χ0v) is 19.1. The van der Waals surface area contributed by atoms with Crippen molar-refractivity contribution >= 4 is 23.6 Å². The van der Waals surface area contributed by atoms with Crippen molar-refractivity contribution in [1.29, 1.82) is 0 Å². The minimum Gasteiger partial charge on any atom is -0.444 e. The van der Waals surface area contributed by atoms with Gasteiger partial charge in [0.05, 0.1) is 0 Å². The number of hydrogen-bond acceptors (Lipinski definition) is 5. The summed E-state index contributed by atoms with van der Waals surface area (Å²) in [5.41, 5.74) is -0.371. The van der Waals surface area contributed by atoms with Crippen molar-refractivity contribution in [3.05, 3.63) is 47.3 Å². The summed E-state index contributed by atoms with van der Waals surface area (Å²) in [7, 11) is 0. The molecule has 1 aromatic heterocycles. The molecule has 0 aliphatic heterocycles. The van der Waals surface area contributed by atoms with Crippen LogP contribution in [0.15, 0.2) is 41.6 Å². The Balaban J connectivity index is 1.64. The summed E-state index contributed by atoms with van der Waals surface area (Å²) in [4.78, 5) is 24.7. The summed E-state index contributed by atoms with van der Waals surface area (Å²) in [6, 6.07) is 3.41. The predicted octanol–water partition coefficient (Wildman–Crippen LogP) is 4.36. The highest BCUT2D eigenvalue weighted by Crippen LogP contribution is 2.46. The Hall–Kier alpha value is -2.41. The fourth-order valence-electron chi connectivity index (χ4n) is 4.32. The van der Waals surface area contributed by atoms with Gasteiger partial charge in [0.15, 0.2) is 5.69 Å². The zero-order chi connectivity index (χ0) is 22.5. The van der Waals surface area contributed by atoms with E-state index in [1.165, 1.54) is 0 Å². The van der Waals surface area contributed by atoms with E-state index in [4.69, 9.17) is 16.3 Å². The average Bonchev–Trinajstić information content (AvgIpc) is 2.73. The fourth-order valence-corrected chi connectivity index (χ4v) is 4.56. The van der Waals surface area contributed by atoms with Crippen LogP contribution in [0.3, 0.4) is 0 Å². The van der Waals surface area contributed by atoms with Gasteiger partial charge in [-0.05, 0) is 82.4 Å². The van der Waals surface area contributed by atoms with Gasteiger partial charge in [0.25, 0.3) is 5.91 Å². The normalized spacial score (nSPS) is 26.0. The lowest BCUT2D eigenvalue weighted by molar-refractivity contribution is 0.0434. The van der Waals surface area contributed by atoms with Gasteiger partial charge in [-0.2, -0.15) is 5.10 Å². The quantitative estimate of drug-likeness (QED) is 0.700. The van der Waals surface area contributed by atoms with E-state index >= 15 is 0 Å². The van der Waals surface area contributed by atoms with Crippen LogP contribution in [-0.2, 0) is 4.74 Å². The predicted molar refractivity (Wildman–Crippen MR) is 120 cm³/mol. The van der Waals surface area contributed by atoms with Crippen LogP contribution in [-0.4, -0.2) is 40.4 Å². The second-order valence-corrected chi connectivity index (χ2v) is 9.87. The molecule has 31 heavy (non-hydrogen) atoms. The number of nitrogens with zero attached hydrogens (tertiary/aromatic N) is 2. The summed E-state index contributed by atoms with van der Waals surface area (Å²) in [5, 5.41) is 14.5. The molecule has 0 spiro atoms. The Morgan fingerprint density at radius 3 is 2.65 bits per heavy atom. The minimum atomic E-state index is -0.545. The molecule has 0 aromatic carbocycles. The second kappa shape index (κ2) is 9.81. The van der Waals surface area contributed by atoms with Crippen molar-refractivity contribution < 1.29 is 14.3 Å². The number of amides is 2. The second-order valence-electron chi connectivity index (χ2n) is 9.38. The van der Waals surface area contributed by atoms with E-state index in [0.29, 0.717) is 12.2 Å². The van der Waals surface area contributed by atoms with Crippen LogP contribution in [0.4, 0.5) is 4.79 Å². The van der Waals surface area contributed by atoms with Crippen molar-refractivity contribution in [2.24, 2.45) is 11.3 Å². The van der Waals surface area contributed by atoms with Crippen LogP contribution in [0.25, 0.3) is 0 Å². The first-order valence-corrected chi connectivity index (χ1v) is 11.1. The third kappa shape index (κ3) is 6.53. The molecule has 2 amide bonds. The number of rotatable bonds is 5. The van der Waals surface area contributed by atoms with Gasteiger partial charge in [-0.25, -0.2) is 4.79 Å². The first-order chi connectivity index (χ1) is 14.7. The number of aromatic nitrogens is 2. The van der Waals surface area contributed by atoms with E-state index in [0.717, 1.165) is 37.1 Å². The van der Waals surface area contributed by atoms with Gasteiger partial charge in [0, 0.05) is 23.8 Å². The van der Waals surface area contributed by atoms with Crippen molar-refractivity contribution in [1.82, 2.24) is 20.8 Å². The van der Waals surface area contributed by atoms with E-state index in [1.54, 1.807) is 18.3 Å². The van der Waals surface area contributed by atoms with Crippen molar-refractivity contribution in [2.45, 2.75) is 64.5 Å². The Bertz CT molecular complexity index is 840. The number of nitrogens with one attached hydrogen (secondary N) is 2. The fraction of sp³-hybridized carbons (Fsp3) is 0.565. The molecule has 1 unspecified atom stereocenters. The van der Waals surface area contributed by atoms with Crippen LogP contribution >= 0.6 is 11.6 Å². The van der Waals surface area contributed by atoms with Crippen LogP contribution in [0.5, 0.6) is 0 Å². The van der Waals surface area contributed by atoms with E-state index in [-0.39, 0.29) is 23.3 Å². The number of allylic oxidation sites excluding steroid dienone is 4. The average molecular weight is 447 g/mol. The Morgan fingerprint density at radius 1 is 1.29 bits per heavy atom. The summed E-state index contributed by atoms with van der Waals surface area (Å²) in [5.74, 6) is 0.0117. The number of hydrogen-bond donors (Lipinski definition) is 2. The molecule has 1 heterocycles. The third-order valence-corrected chi connectivity index (χ3v) is 6.21. The number of ether oxygens (including phenoxy) is 1. The van der Waals surface area contributed by atoms with Crippen LogP contribution in [0, 0.1) is 11.3 Å². The molecule has 2 aliphatic rings. The maximum absolute atomic E-state index is 12.4. The van der Waals surface area contributed by atoms with E-state index in [9.17, 15) is 9.59 Å². The lowest BCUT2D eigenvalue weighted by Crippen LogP contribution is -2.49. The first kappa shape index (κ1) is 23.3. The lowest BCUT2D eigenvalue weighted by Gasteiger charge is -2.45. The molecule has 2 aliphatic carbocycles. The summed E-state index contributed by atoms with van der Waals surface area (Å²) in [6.45, 7) is 6.05. The highest BCUT2D eigenvalue weighted by Gasteiger charge is 2.42. The van der Waals surface area contributed by atoms with Crippen LogP contribution < -0.4 is 10.6 Å². The molecule has 168 valence electrons. The van der Waals surface area contributed by atoms with Crippen molar-refractivity contribution in [3.63, 3.8) is 0 Å². The summed E-state index contributed by atoms with van der Waals surface area (Å²) < 4.78 is 5.43. The Morgan fingerprint density at radius 2 is 2.03 bits per heavy atom. The minimum absolute atomic E-state index is 0.0581. The maximum Gasteiger partial charge on any atom is 0.407 e. The molecular weight excluding hydrogens is 416 g/mol. The highest BCUT2D eigenvalue weighted by atomic mass is 35.5. The standard InChI is InChI=1S/C23H31ClN4O3/c1-22(2,3)31-21(30)25-15-23(16-6-4-7-17(24)14-16)11-9-18(10-12-23)27-20(29)19-8-5-13-26-28-19/h4-8,13,16,18H,9-12,14-15H2,1-3H3,(H,25,30)(H,27,29)/t16?,18-,23-. The Kier molecular flexibility index (Phi) is 7.36. The Labute approximate surface area is 188 Å². The SMILES string of the molecule is CC(C)(C)OC(=O)NC[C@]1(C2C=CC=C(Cl)C2)CC[C@H](NC(=O)c2cccnn2)CC1. The largest absolute Gasteiger partial charge is 0.444 e. The smallest absolute Gasteiger partial charge is 0.407 e. The molecule has 1 saturated carbocycles. The van der Waals surface area contributed by atoms with Crippen molar-refractivity contribution in [3.8, 4) is 0 Å².